The smallest absolute Gasteiger partial charge is 0.119 e. The van der Waals surface area contributed by atoms with E-state index in [1.54, 1.807) is 7.11 Å². The average molecular weight is 342 g/mol. The molecule has 2 aromatic rings. The number of hydrogen-bond acceptors (Lipinski definition) is 3. The fourth-order valence-corrected chi connectivity index (χ4v) is 1.98. The SMILES string of the molecule is COCCNCc1ccc(OCc2ccc(Cl)cc2)cc1.Cl. The van der Waals surface area contributed by atoms with Gasteiger partial charge in [0.05, 0.1) is 6.61 Å². The number of benzene rings is 2. The van der Waals surface area contributed by atoms with Crippen LogP contribution in [0.25, 0.3) is 0 Å². The topological polar surface area (TPSA) is 30.5 Å². The highest BCUT2D eigenvalue weighted by Crippen LogP contribution is 2.15. The minimum atomic E-state index is 0. The molecule has 0 aliphatic rings. The lowest BCUT2D eigenvalue weighted by Crippen LogP contribution is -2.18. The highest BCUT2D eigenvalue weighted by atomic mass is 35.5. The van der Waals surface area contributed by atoms with E-state index in [2.05, 4.69) is 17.4 Å². The van der Waals surface area contributed by atoms with Gasteiger partial charge < -0.3 is 14.8 Å². The van der Waals surface area contributed by atoms with Gasteiger partial charge in [-0.3, -0.25) is 0 Å². The van der Waals surface area contributed by atoms with Crippen LogP contribution in [-0.2, 0) is 17.9 Å². The molecule has 5 heteroatoms. The third-order valence-electron chi connectivity index (χ3n) is 3.05. The van der Waals surface area contributed by atoms with E-state index in [9.17, 15) is 0 Å². The van der Waals surface area contributed by atoms with Gasteiger partial charge in [-0.1, -0.05) is 35.9 Å². The van der Waals surface area contributed by atoms with Crippen molar-refractivity contribution in [3.63, 3.8) is 0 Å². The number of ether oxygens (including phenoxy) is 2. The highest BCUT2D eigenvalue weighted by Gasteiger charge is 1.98. The lowest BCUT2D eigenvalue weighted by Gasteiger charge is -2.08. The molecular formula is C17H21Cl2NO2. The molecule has 0 bridgehead atoms. The first-order valence-electron chi connectivity index (χ1n) is 6.94. The summed E-state index contributed by atoms with van der Waals surface area (Å²) in [5, 5.41) is 4.05. The molecule has 0 unspecified atom stereocenters. The summed E-state index contributed by atoms with van der Waals surface area (Å²) >= 11 is 5.85. The molecule has 0 aromatic heterocycles. The molecule has 1 N–H and O–H groups in total. The van der Waals surface area contributed by atoms with Crippen molar-refractivity contribution in [3.05, 3.63) is 64.7 Å². The van der Waals surface area contributed by atoms with E-state index < -0.39 is 0 Å². The van der Waals surface area contributed by atoms with Crippen molar-refractivity contribution in [2.75, 3.05) is 20.3 Å². The highest BCUT2D eigenvalue weighted by molar-refractivity contribution is 6.30. The number of halogens is 2. The van der Waals surface area contributed by atoms with Crippen molar-refractivity contribution in [1.82, 2.24) is 5.32 Å². The predicted octanol–water partition coefficient (Wildman–Crippen LogP) is 4.08. The first-order valence-corrected chi connectivity index (χ1v) is 7.31. The summed E-state index contributed by atoms with van der Waals surface area (Å²) in [5.74, 6) is 0.866. The van der Waals surface area contributed by atoms with Gasteiger partial charge in [-0.2, -0.15) is 0 Å². The third-order valence-corrected chi connectivity index (χ3v) is 3.31. The summed E-state index contributed by atoms with van der Waals surface area (Å²) in [6, 6.07) is 15.8. The first-order chi connectivity index (χ1) is 10.3. The molecule has 0 saturated heterocycles. The van der Waals surface area contributed by atoms with E-state index in [0.717, 1.165) is 36.0 Å². The van der Waals surface area contributed by atoms with Crippen LogP contribution in [0.5, 0.6) is 5.75 Å². The predicted molar refractivity (Wildman–Crippen MR) is 93.1 cm³/mol. The van der Waals surface area contributed by atoms with Crippen LogP contribution in [-0.4, -0.2) is 20.3 Å². The minimum Gasteiger partial charge on any atom is -0.489 e. The molecule has 120 valence electrons. The van der Waals surface area contributed by atoms with Crippen molar-refractivity contribution < 1.29 is 9.47 Å². The second kappa shape index (κ2) is 10.5. The molecule has 2 aromatic carbocycles. The summed E-state index contributed by atoms with van der Waals surface area (Å²) in [5.41, 5.74) is 2.33. The van der Waals surface area contributed by atoms with Crippen LogP contribution >= 0.6 is 24.0 Å². The monoisotopic (exact) mass is 341 g/mol. The van der Waals surface area contributed by atoms with Gasteiger partial charge in [-0.05, 0) is 35.4 Å². The molecule has 22 heavy (non-hydrogen) atoms. The molecule has 2 rings (SSSR count). The van der Waals surface area contributed by atoms with Crippen LogP contribution in [0.1, 0.15) is 11.1 Å². The zero-order chi connectivity index (χ0) is 14.9. The van der Waals surface area contributed by atoms with Crippen LogP contribution in [0.3, 0.4) is 0 Å². The number of nitrogens with one attached hydrogen (secondary N) is 1. The van der Waals surface area contributed by atoms with Gasteiger partial charge in [0.15, 0.2) is 0 Å². The van der Waals surface area contributed by atoms with Crippen molar-refractivity contribution in [1.29, 1.82) is 0 Å². The number of hydrogen-bond donors (Lipinski definition) is 1. The Morgan fingerprint density at radius 3 is 2.23 bits per heavy atom. The van der Waals surface area contributed by atoms with Gasteiger partial charge in [0.1, 0.15) is 12.4 Å². The van der Waals surface area contributed by atoms with Crippen LogP contribution in [0, 0.1) is 0 Å². The van der Waals surface area contributed by atoms with Crippen molar-refractivity contribution in [2.24, 2.45) is 0 Å². The second-order valence-electron chi connectivity index (χ2n) is 4.73. The van der Waals surface area contributed by atoms with Crippen molar-refractivity contribution in [2.45, 2.75) is 13.2 Å². The van der Waals surface area contributed by atoms with E-state index in [1.807, 2.05) is 36.4 Å². The molecule has 0 fully saturated rings. The molecule has 0 spiro atoms. The molecule has 0 radical (unpaired) electrons. The summed E-state index contributed by atoms with van der Waals surface area (Å²) in [6.07, 6.45) is 0. The van der Waals surface area contributed by atoms with Gasteiger partial charge >= 0.3 is 0 Å². The third kappa shape index (κ3) is 6.67. The van der Waals surface area contributed by atoms with E-state index in [1.165, 1.54) is 5.56 Å². The molecule has 0 aliphatic heterocycles. The van der Waals surface area contributed by atoms with Gasteiger partial charge in [0, 0.05) is 25.2 Å². The van der Waals surface area contributed by atoms with Crippen molar-refractivity contribution in [3.8, 4) is 5.75 Å². The average Bonchev–Trinajstić information content (AvgIpc) is 2.52. The Labute approximate surface area is 143 Å². The Bertz CT molecular complexity index is 529. The van der Waals surface area contributed by atoms with E-state index in [0.29, 0.717) is 6.61 Å². The largest absolute Gasteiger partial charge is 0.489 e. The van der Waals surface area contributed by atoms with E-state index in [-0.39, 0.29) is 12.4 Å². The van der Waals surface area contributed by atoms with Gasteiger partial charge in [-0.25, -0.2) is 0 Å². The first kappa shape index (κ1) is 18.8. The van der Waals surface area contributed by atoms with Crippen LogP contribution < -0.4 is 10.1 Å². The molecule has 0 atom stereocenters. The second-order valence-corrected chi connectivity index (χ2v) is 5.17. The molecule has 3 nitrogen and oxygen atoms in total. The van der Waals surface area contributed by atoms with Crippen molar-refractivity contribution >= 4 is 24.0 Å². The Kier molecular flexibility index (Phi) is 8.94. The standard InChI is InChI=1S/C17H20ClNO2.ClH/c1-20-11-10-19-12-14-4-8-17(9-5-14)21-13-15-2-6-16(18)7-3-15;/h2-9,19H,10-13H2,1H3;1H. The quantitative estimate of drug-likeness (QED) is 0.734. The molecular weight excluding hydrogens is 321 g/mol. The zero-order valence-corrected chi connectivity index (χ0v) is 14.1. The molecule has 0 heterocycles. The summed E-state index contributed by atoms with van der Waals surface area (Å²) in [6.45, 7) is 2.96. The fourth-order valence-electron chi connectivity index (χ4n) is 1.86. The van der Waals surface area contributed by atoms with E-state index in [4.69, 9.17) is 21.1 Å². The number of rotatable bonds is 8. The Morgan fingerprint density at radius 1 is 0.955 bits per heavy atom. The van der Waals surface area contributed by atoms with Gasteiger partial charge in [0.25, 0.3) is 0 Å². The Morgan fingerprint density at radius 2 is 1.59 bits per heavy atom. The molecule has 0 aliphatic carbocycles. The van der Waals surface area contributed by atoms with Crippen LogP contribution in [0.4, 0.5) is 0 Å². The maximum Gasteiger partial charge on any atom is 0.119 e. The van der Waals surface area contributed by atoms with Gasteiger partial charge in [0.2, 0.25) is 0 Å². The molecule has 0 amide bonds. The summed E-state index contributed by atoms with van der Waals surface area (Å²) < 4.78 is 10.7. The Hall–Kier alpha value is -1.26. The molecule has 0 saturated carbocycles. The fraction of sp³-hybridized carbons (Fsp3) is 0.294. The van der Waals surface area contributed by atoms with E-state index >= 15 is 0 Å². The maximum absolute atomic E-state index is 5.85. The summed E-state index contributed by atoms with van der Waals surface area (Å²) in [4.78, 5) is 0. The zero-order valence-electron chi connectivity index (χ0n) is 12.5. The van der Waals surface area contributed by atoms with Gasteiger partial charge in [-0.15, -0.1) is 12.4 Å². The number of methoxy groups -OCH3 is 1. The summed E-state index contributed by atoms with van der Waals surface area (Å²) in [7, 11) is 1.70. The lowest BCUT2D eigenvalue weighted by atomic mass is 10.2. The maximum atomic E-state index is 5.85. The Balaban J connectivity index is 0.00000242. The minimum absolute atomic E-state index is 0. The van der Waals surface area contributed by atoms with Crippen LogP contribution in [0.2, 0.25) is 5.02 Å². The lowest BCUT2D eigenvalue weighted by molar-refractivity contribution is 0.199. The van der Waals surface area contributed by atoms with Crippen LogP contribution in [0.15, 0.2) is 48.5 Å². The normalized spacial score (nSPS) is 10.1.